The molecule has 0 bridgehead atoms. The van der Waals surface area contributed by atoms with Crippen LogP contribution in [0.4, 0.5) is 0 Å². The van der Waals surface area contributed by atoms with Crippen LogP contribution >= 0.6 is 0 Å². The van der Waals surface area contributed by atoms with Crippen molar-refractivity contribution in [2.75, 3.05) is 34.4 Å². The van der Waals surface area contributed by atoms with Crippen LogP contribution in [0, 0.1) is 0 Å². The maximum absolute atomic E-state index is 5.04. The van der Waals surface area contributed by atoms with E-state index in [1.54, 1.807) is 7.11 Å². The van der Waals surface area contributed by atoms with Gasteiger partial charge in [0.15, 0.2) is 0 Å². The first kappa shape index (κ1) is 13.9. The summed E-state index contributed by atoms with van der Waals surface area (Å²) in [6.07, 6.45) is 2.28. The molecular formula is C11H26N2O. The Labute approximate surface area is 88.8 Å². The maximum Gasteiger partial charge on any atom is 0.0476 e. The van der Waals surface area contributed by atoms with Gasteiger partial charge in [0.2, 0.25) is 0 Å². The SMILES string of the molecule is CCC(CNC(C)CCOC)N(C)C. The fourth-order valence-corrected chi connectivity index (χ4v) is 1.43. The van der Waals surface area contributed by atoms with E-state index < -0.39 is 0 Å². The van der Waals surface area contributed by atoms with Crippen LogP contribution in [0.3, 0.4) is 0 Å². The highest BCUT2D eigenvalue weighted by Crippen LogP contribution is 1.98. The van der Waals surface area contributed by atoms with Crippen molar-refractivity contribution in [1.29, 1.82) is 0 Å². The lowest BCUT2D eigenvalue weighted by Gasteiger charge is -2.25. The molecule has 0 aromatic carbocycles. The van der Waals surface area contributed by atoms with Gasteiger partial charge in [0.25, 0.3) is 0 Å². The molecule has 1 N–H and O–H groups in total. The summed E-state index contributed by atoms with van der Waals surface area (Å²) in [5, 5.41) is 3.53. The molecule has 0 saturated carbocycles. The molecular weight excluding hydrogens is 176 g/mol. The van der Waals surface area contributed by atoms with Crippen molar-refractivity contribution in [3.63, 3.8) is 0 Å². The number of nitrogens with zero attached hydrogens (tertiary/aromatic N) is 1. The summed E-state index contributed by atoms with van der Waals surface area (Å²) < 4.78 is 5.04. The first-order valence-corrected chi connectivity index (χ1v) is 5.50. The smallest absolute Gasteiger partial charge is 0.0476 e. The molecule has 0 rings (SSSR count). The lowest BCUT2D eigenvalue weighted by Crippen LogP contribution is -2.41. The predicted octanol–water partition coefficient (Wildman–Crippen LogP) is 1.34. The maximum atomic E-state index is 5.04. The van der Waals surface area contributed by atoms with Crippen LogP contribution in [0.15, 0.2) is 0 Å². The minimum Gasteiger partial charge on any atom is -0.385 e. The largest absolute Gasteiger partial charge is 0.385 e. The Morgan fingerprint density at radius 2 is 2.00 bits per heavy atom. The average molecular weight is 202 g/mol. The molecule has 0 spiro atoms. The molecule has 0 fully saturated rings. The van der Waals surface area contributed by atoms with Crippen molar-refractivity contribution in [2.24, 2.45) is 0 Å². The second kappa shape index (κ2) is 8.21. The molecule has 3 nitrogen and oxygen atoms in total. The van der Waals surface area contributed by atoms with Gasteiger partial charge in [0.1, 0.15) is 0 Å². The molecule has 0 aliphatic rings. The third-order valence-corrected chi connectivity index (χ3v) is 2.66. The second-order valence-electron chi connectivity index (χ2n) is 4.12. The van der Waals surface area contributed by atoms with Crippen LogP contribution < -0.4 is 5.32 Å². The number of likely N-dealkylation sites (N-methyl/N-ethyl adjacent to an activating group) is 1. The van der Waals surface area contributed by atoms with Crippen LogP contribution in [0.1, 0.15) is 26.7 Å². The molecule has 0 aromatic heterocycles. The Morgan fingerprint density at radius 3 is 2.43 bits per heavy atom. The van der Waals surface area contributed by atoms with E-state index in [0.29, 0.717) is 12.1 Å². The number of hydrogen-bond donors (Lipinski definition) is 1. The van der Waals surface area contributed by atoms with E-state index in [9.17, 15) is 0 Å². The molecule has 0 aromatic rings. The summed E-state index contributed by atoms with van der Waals surface area (Å²) in [5.41, 5.74) is 0. The highest BCUT2D eigenvalue weighted by atomic mass is 16.5. The molecule has 2 atom stereocenters. The van der Waals surface area contributed by atoms with E-state index in [2.05, 4.69) is 38.2 Å². The molecule has 0 aliphatic carbocycles. The van der Waals surface area contributed by atoms with Crippen molar-refractivity contribution in [3.05, 3.63) is 0 Å². The van der Waals surface area contributed by atoms with Gasteiger partial charge in [-0.1, -0.05) is 6.92 Å². The van der Waals surface area contributed by atoms with Crippen LogP contribution in [0.5, 0.6) is 0 Å². The van der Waals surface area contributed by atoms with E-state index in [1.165, 1.54) is 6.42 Å². The van der Waals surface area contributed by atoms with Gasteiger partial charge >= 0.3 is 0 Å². The third kappa shape index (κ3) is 6.35. The quantitative estimate of drug-likeness (QED) is 0.643. The monoisotopic (exact) mass is 202 g/mol. The van der Waals surface area contributed by atoms with Crippen LogP contribution in [-0.2, 0) is 4.74 Å². The molecule has 3 heteroatoms. The normalized spacial score (nSPS) is 15.9. The Morgan fingerprint density at radius 1 is 1.36 bits per heavy atom. The summed E-state index contributed by atoms with van der Waals surface area (Å²) >= 11 is 0. The van der Waals surface area contributed by atoms with E-state index in [4.69, 9.17) is 4.74 Å². The number of hydrogen-bond acceptors (Lipinski definition) is 3. The van der Waals surface area contributed by atoms with Crippen molar-refractivity contribution in [1.82, 2.24) is 10.2 Å². The van der Waals surface area contributed by atoms with Crippen molar-refractivity contribution in [3.8, 4) is 0 Å². The Balaban J connectivity index is 3.57. The minimum absolute atomic E-state index is 0.545. The number of rotatable bonds is 8. The van der Waals surface area contributed by atoms with Gasteiger partial charge in [-0.25, -0.2) is 0 Å². The third-order valence-electron chi connectivity index (χ3n) is 2.66. The molecule has 2 unspecified atom stereocenters. The lowest BCUT2D eigenvalue weighted by atomic mass is 10.2. The fraction of sp³-hybridized carbons (Fsp3) is 1.00. The molecule has 0 aliphatic heterocycles. The molecule has 0 amide bonds. The van der Waals surface area contributed by atoms with Crippen LogP contribution in [0.25, 0.3) is 0 Å². The van der Waals surface area contributed by atoms with E-state index in [0.717, 1.165) is 19.6 Å². The van der Waals surface area contributed by atoms with Gasteiger partial charge in [-0.3, -0.25) is 0 Å². The van der Waals surface area contributed by atoms with Crippen molar-refractivity contribution in [2.45, 2.75) is 38.8 Å². The van der Waals surface area contributed by atoms with Gasteiger partial charge < -0.3 is 15.0 Å². The highest BCUT2D eigenvalue weighted by molar-refractivity contribution is 4.70. The highest BCUT2D eigenvalue weighted by Gasteiger charge is 2.09. The topological polar surface area (TPSA) is 24.5 Å². The van der Waals surface area contributed by atoms with Gasteiger partial charge in [0, 0.05) is 32.3 Å². The Kier molecular flexibility index (Phi) is 8.14. The van der Waals surface area contributed by atoms with Crippen molar-refractivity contribution >= 4 is 0 Å². The summed E-state index contributed by atoms with van der Waals surface area (Å²) in [6, 6.07) is 1.18. The standard InChI is InChI=1S/C11H26N2O/c1-6-11(13(3)4)9-12-10(2)7-8-14-5/h10-12H,6-9H2,1-5H3. The zero-order chi connectivity index (χ0) is 11.0. The molecule has 14 heavy (non-hydrogen) atoms. The zero-order valence-electron chi connectivity index (χ0n) is 10.3. The van der Waals surface area contributed by atoms with Gasteiger partial charge in [-0.15, -0.1) is 0 Å². The summed E-state index contributed by atoms with van der Waals surface area (Å²) in [6.45, 7) is 6.34. The minimum atomic E-state index is 0.545. The van der Waals surface area contributed by atoms with Crippen LogP contribution in [0.2, 0.25) is 0 Å². The second-order valence-corrected chi connectivity index (χ2v) is 4.12. The molecule has 0 heterocycles. The van der Waals surface area contributed by atoms with E-state index >= 15 is 0 Å². The first-order chi connectivity index (χ1) is 6.61. The van der Waals surface area contributed by atoms with E-state index in [-0.39, 0.29) is 0 Å². The van der Waals surface area contributed by atoms with Crippen molar-refractivity contribution < 1.29 is 4.74 Å². The Bertz CT molecular complexity index is 128. The molecule has 0 saturated heterocycles. The van der Waals surface area contributed by atoms with E-state index in [1.807, 2.05) is 0 Å². The average Bonchev–Trinajstić information content (AvgIpc) is 2.15. The van der Waals surface area contributed by atoms with Gasteiger partial charge in [-0.2, -0.15) is 0 Å². The summed E-state index contributed by atoms with van der Waals surface area (Å²) in [5.74, 6) is 0. The zero-order valence-corrected chi connectivity index (χ0v) is 10.3. The van der Waals surface area contributed by atoms with Crippen LogP contribution in [-0.4, -0.2) is 51.3 Å². The summed E-state index contributed by atoms with van der Waals surface area (Å²) in [7, 11) is 6.02. The molecule has 0 radical (unpaired) electrons. The van der Waals surface area contributed by atoms with Gasteiger partial charge in [-0.05, 0) is 33.9 Å². The fourth-order valence-electron chi connectivity index (χ4n) is 1.43. The van der Waals surface area contributed by atoms with Gasteiger partial charge in [0.05, 0.1) is 0 Å². The Hall–Kier alpha value is -0.120. The number of nitrogens with one attached hydrogen (secondary N) is 1. The number of ether oxygens (including phenoxy) is 1. The summed E-state index contributed by atoms with van der Waals surface area (Å²) in [4.78, 5) is 2.27. The lowest BCUT2D eigenvalue weighted by molar-refractivity contribution is 0.181. The first-order valence-electron chi connectivity index (χ1n) is 5.50. The predicted molar refractivity (Wildman–Crippen MR) is 61.7 cm³/mol. The number of methoxy groups -OCH3 is 1. The molecule has 86 valence electrons.